The fraction of sp³-hybridized carbons (Fsp3) is 0.632. The normalized spacial score (nSPS) is 27.5. The van der Waals surface area contributed by atoms with Crippen molar-refractivity contribution in [2.45, 2.75) is 51.1 Å². The van der Waals surface area contributed by atoms with E-state index in [9.17, 15) is 9.90 Å². The number of methoxy groups -OCH3 is 1. The van der Waals surface area contributed by atoms with Gasteiger partial charge in [0.25, 0.3) is 0 Å². The van der Waals surface area contributed by atoms with Gasteiger partial charge in [-0.2, -0.15) is 0 Å². The largest absolute Gasteiger partial charge is 0.497 e. The summed E-state index contributed by atoms with van der Waals surface area (Å²) >= 11 is 0. The SMILES string of the molecule is COc1ccc(C(NC(=O)NC2CCCC2(C)CO)C2CC2)cc1. The van der Waals surface area contributed by atoms with Gasteiger partial charge in [-0.1, -0.05) is 25.5 Å². The first-order valence-corrected chi connectivity index (χ1v) is 8.87. The number of ether oxygens (including phenoxy) is 1. The zero-order valence-corrected chi connectivity index (χ0v) is 14.5. The highest BCUT2D eigenvalue weighted by Gasteiger charge is 2.40. The average Bonchev–Trinajstić information content (AvgIpc) is 3.38. The van der Waals surface area contributed by atoms with Gasteiger partial charge in [-0.25, -0.2) is 4.79 Å². The molecule has 2 amide bonds. The molecule has 2 aliphatic rings. The Morgan fingerprint density at radius 2 is 2.04 bits per heavy atom. The molecule has 3 unspecified atom stereocenters. The van der Waals surface area contributed by atoms with Crippen molar-refractivity contribution < 1.29 is 14.6 Å². The fourth-order valence-electron chi connectivity index (χ4n) is 3.72. The third kappa shape index (κ3) is 3.66. The van der Waals surface area contributed by atoms with Crippen LogP contribution in [-0.4, -0.2) is 30.9 Å². The van der Waals surface area contributed by atoms with Crippen LogP contribution in [0.2, 0.25) is 0 Å². The highest BCUT2D eigenvalue weighted by Crippen LogP contribution is 2.41. The minimum absolute atomic E-state index is 0.0395. The minimum Gasteiger partial charge on any atom is -0.497 e. The van der Waals surface area contributed by atoms with Crippen molar-refractivity contribution in [1.29, 1.82) is 0 Å². The second kappa shape index (κ2) is 7.01. The summed E-state index contributed by atoms with van der Waals surface area (Å²) in [6, 6.07) is 7.87. The molecule has 2 aliphatic carbocycles. The molecule has 132 valence electrons. The second-order valence-corrected chi connectivity index (χ2v) is 7.46. The Balaban J connectivity index is 1.64. The Bertz CT molecular complexity index is 570. The van der Waals surface area contributed by atoms with Gasteiger partial charge >= 0.3 is 6.03 Å². The van der Waals surface area contributed by atoms with Crippen molar-refractivity contribution in [2.24, 2.45) is 11.3 Å². The monoisotopic (exact) mass is 332 g/mol. The lowest BCUT2D eigenvalue weighted by Crippen LogP contribution is -2.49. The molecular formula is C19H28N2O3. The molecule has 5 nitrogen and oxygen atoms in total. The van der Waals surface area contributed by atoms with Crippen molar-refractivity contribution in [3.63, 3.8) is 0 Å². The zero-order valence-electron chi connectivity index (χ0n) is 14.5. The van der Waals surface area contributed by atoms with Crippen molar-refractivity contribution in [2.75, 3.05) is 13.7 Å². The zero-order chi connectivity index (χ0) is 17.2. The van der Waals surface area contributed by atoms with Gasteiger partial charge in [0.15, 0.2) is 0 Å². The van der Waals surface area contributed by atoms with E-state index in [4.69, 9.17) is 4.74 Å². The third-order valence-corrected chi connectivity index (χ3v) is 5.60. The number of hydrogen-bond acceptors (Lipinski definition) is 3. The first-order chi connectivity index (χ1) is 11.6. The molecule has 3 N–H and O–H groups in total. The van der Waals surface area contributed by atoms with Crippen LogP contribution in [0.5, 0.6) is 5.75 Å². The number of rotatable bonds is 6. The number of nitrogens with one attached hydrogen (secondary N) is 2. The molecule has 3 atom stereocenters. The molecule has 1 aromatic carbocycles. The number of hydrogen-bond donors (Lipinski definition) is 3. The van der Waals surface area contributed by atoms with Crippen molar-refractivity contribution in [1.82, 2.24) is 10.6 Å². The molecule has 2 fully saturated rings. The van der Waals surface area contributed by atoms with E-state index in [1.165, 1.54) is 0 Å². The molecule has 3 rings (SSSR count). The molecule has 1 aromatic rings. The molecule has 24 heavy (non-hydrogen) atoms. The number of benzene rings is 1. The topological polar surface area (TPSA) is 70.6 Å². The molecule has 0 radical (unpaired) electrons. The highest BCUT2D eigenvalue weighted by atomic mass is 16.5. The maximum absolute atomic E-state index is 12.5. The van der Waals surface area contributed by atoms with E-state index in [-0.39, 0.29) is 30.1 Å². The predicted octanol–water partition coefficient (Wildman–Crippen LogP) is 3.00. The molecular weight excluding hydrogens is 304 g/mol. The lowest BCUT2D eigenvalue weighted by Gasteiger charge is -2.31. The number of urea groups is 1. The number of aliphatic hydroxyl groups excluding tert-OH is 1. The van der Waals surface area contributed by atoms with Crippen LogP contribution in [0.15, 0.2) is 24.3 Å². The van der Waals surface area contributed by atoms with Crippen LogP contribution in [-0.2, 0) is 0 Å². The van der Waals surface area contributed by atoms with Gasteiger partial charge in [-0.05, 0) is 49.3 Å². The number of amides is 2. The van der Waals surface area contributed by atoms with E-state index in [0.717, 1.165) is 43.4 Å². The van der Waals surface area contributed by atoms with Gasteiger partial charge < -0.3 is 20.5 Å². The van der Waals surface area contributed by atoms with Crippen molar-refractivity contribution >= 4 is 6.03 Å². The number of aliphatic hydroxyl groups is 1. The summed E-state index contributed by atoms with van der Waals surface area (Å²) < 4.78 is 5.21. The Hall–Kier alpha value is -1.75. The molecule has 0 aliphatic heterocycles. The minimum atomic E-state index is -0.202. The fourth-order valence-corrected chi connectivity index (χ4v) is 3.72. The smallest absolute Gasteiger partial charge is 0.315 e. The maximum atomic E-state index is 12.5. The molecule has 5 heteroatoms. The maximum Gasteiger partial charge on any atom is 0.315 e. The number of carbonyl (C=O) groups is 1. The van der Waals surface area contributed by atoms with E-state index in [1.54, 1.807) is 7.11 Å². The molecule has 2 saturated carbocycles. The molecule has 0 aromatic heterocycles. The van der Waals surface area contributed by atoms with E-state index < -0.39 is 0 Å². The standard InChI is InChI=1S/C19H28N2O3/c1-19(12-22)11-3-4-16(19)20-18(23)21-17(13-5-6-13)14-7-9-15(24-2)10-8-14/h7-10,13,16-17,22H,3-6,11-12H2,1-2H3,(H2,20,21,23). The Kier molecular flexibility index (Phi) is 4.99. The lowest BCUT2D eigenvalue weighted by atomic mass is 9.86. The van der Waals surface area contributed by atoms with Crippen LogP contribution >= 0.6 is 0 Å². The van der Waals surface area contributed by atoms with E-state index in [2.05, 4.69) is 10.6 Å². The Labute approximate surface area is 143 Å². The summed E-state index contributed by atoms with van der Waals surface area (Å²) in [5, 5.41) is 15.9. The quantitative estimate of drug-likeness (QED) is 0.750. The van der Waals surface area contributed by atoms with Gasteiger partial charge in [-0.3, -0.25) is 0 Å². The van der Waals surface area contributed by atoms with E-state index >= 15 is 0 Å². The van der Waals surface area contributed by atoms with Crippen molar-refractivity contribution in [3.05, 3.63) is 29.8 Å². The van der Waals surface area contributed by atoms with E-state index in [0.29, 0.717) is 5.92 Å². The summed E-state index contributed by atoms with van der Waals surface area (Å²) in [5.74, 6) is 1.33. The third-order valence-electron chi connectivity index (χ3n) is 5.60. The van der Waals surface area contributed by atoms with Crippen LogP contribution in [0, 0.1) is 11.3 Å². The summed E-state index contributed by atoms with van der Waals surface area (Å²) in [6.07, 6.45) is 5.23. The summed E-state index contributed by atoms with van der Waals surface area (Å²) in [5.41, 5.74) is 0.914. The van der Waals surface area contributed by atoms with Crippen LogP contribution in [0.4, 0.5) is 4.79 Å². The van der Waals surface area contributed by atoms with Crippen LogP contribution < -0.4 is 15.4 Å². The molecule has 0 spiro atoms. The summed E-state index contributed by atoms with van der Waals surface area (Å²) in [4.78, 5) is 12.5. The average molecular weight is 332 g/mol. The van der Waals surface area contributed by atoms with Gasteiger partial charge in [0.1, 0.15) is 5.75 Å². The Morgan fingerprint density at radius 1 is 1.33 bits per heavy atom. The summed E-state index contributed by atoms with van der Waals surface area (Å²) in [6.45, 7) is 2.16. The molecule has 0 saturated heterocycles. The summed E-state index contributed by atoms with van der Waals surface area (Å²) in [7, 11) is 1.65. The molecule has 0 bridgehead atoms. The highest BCUT2D eigenvalue weighted by molar-refractivity contribution is 5.75. The van der Waals surface area contributed by atoms with Gasteiger partial charge in [-0.15, -0.1) is 0 Å². The van der Waals surface area contributed by atoms with E-state index in [1.807, 2.05) is 31.2 Å². The number of carbonyl (C=O) groups excluding carboxylic acids is 1. The van der Waals surface area contributed by atoms with Gasteiger partial charge in [0.2, 0.25) is 0 Å². The van der Waals surface area contributed by atoms with Crippen LogP contribution in [0.25, 0.3) is 0 Å². The second-order valence-electron chi connectivity index (χ2n) is 7.46. The Morgan fingerprint density at radius 3 is 2.62 bits per heavy atom. The first-order valence-electron chi connectivity index (χ1n) is 8.87. The molecule has 0 heterocycles. The van der Waals surface area contributed by atoms with Crippen LogP contribution in [0.3, 0.4) is 0 Å². The lowest BCUT2D eigenvalue weighted by molar-refractivity contribution is 0.120. The van der Waals surface area contributed by atoms with Crippen LogP contribution in [0.1, 0.15) is 50.6 Å². The first kappa shape index (κ1) is 17.1. The predicted molar refractivity (Wildman–Crippen MR) is 93.0 cm³/mol. The van der Waals surface area contributed by atoms with Gasteiger partial charge in [0, 0.05) is 11.5 Å². The van der Waals surface area contributed by atoms with Crippen molar-refractivity contribution in [3.8, 4) is 5.75 Å². The van der Waals surface area contributed by atoms with Gasteiger partial charge in [0.05, 0.1) is 19.8 Å².